The van der Waals surface area contributed by atoms with Crippen LogP contribution < -0.4 is 15.5 Å². The lowest BCUT2D eigenvalue weighted by atomic mass is 10.2. The van der Waals surface area contributed by atoms with E-state index in [-0.39, 0.29) is 29.9 Å². The Morgan fingerprint density at radius 3 is 2.69 bits per heavy atom. The first-order valence-corrected chi connectivity index (χ1v) is 9.29. The summed E-state index contributed by atoms with van der Waals surface area (Å²) < 4.78 is 5.64. The molecule has 1 unspecified atom stereocenters. The van der Waals surface area contributed by atoms with Gasteiger partial charge in [0.2, 0.25) is 5.91 Å². The molecule has 6 nitrogen and oxygen atoms in total. The first kappa shape index (κ1) is 21.0. The molecule has 2 fully saturated rings. The average Bonchev–Trinajstić information content (AvgIpc) is 3.29. The Morgan fingerprint density at radius 1 is 1.27 bits per heavy atom. The first-order chi connectivity index (χ1) is 12.3. The predicted molar refractivity (Wildman–Crippen MR) is 115 cm³/mol. The number of rotatable bonds is 6. The van der Waals surface area contributed by atoms with Gasteiger partial charge in [0.15, 0.2) is 5.96 Å². The molecule has 2 N–H and O–H groups in total. The highest BCUT2D eigenvalue weighted by molar-refractivity contribution is 14.0. The fourth-order valence-corrected chi connectivity index (χ4v) is 3.23. The smallest absolute Gasteiger partial charge is 0.227 e. The van der Waals surface area contributed by atoms with Crippen LogP contribution in [0.4, 0.5) is 5.69 Å². The molecule has 0 radical (unpaired) electrons. The van der Waals surface area contributed by atoms with Gasteiger partial charge in [-0.25, -0.2) is 4.99 Å². The second kappa shape index (κ2) is 10.7. The Labute approximate surface area is 172 Å². The lowest BCUT2D eigenvalue weighted by molar-refractivity contribution is -0.117. The number of anilines is 1. The van der Waals surface area contributed by atoms with E-state index in [9.17, 15) is 4.79 Å². The van der Waals surface area contributed by atoms with Gasteiger partial charge >= 0.3 is 0 Å². The summed E-state index contributed by atoms with van der Waals surface area (Å²) in [5.41, 5.74) is 2.11. The number of carbonyl (C=O) groups excluding carboxylic acids is 1. The zero-order chi connectivity index (χ0) is 17.5. The Kier molecular flexibility index (Phi) is 8.64. The zero-order valence-electron chi connectivity index (χ0n) is 15.4. The minimum Gasteiger partial charge on any atom is -0.376 e. The standard InChI is InChI=1S/C19H28N4O2.HI/c1-2-20-19(22-14-17-5-4-12-25-17)21-13-15-7-9-16(10-8-15)23-11-3-6-18(23)24;/h7-10,17H,2-6,11-14H2,1H3,(H2,20,21,22);1H. The Hall–Kier alpha value is -1.35. The Balaban J connectivity index is 0.00000243. The van der Waals surface area contributed by atoms with Crippen LogP contribution in [0.25, 0.3) is 0 Å². The van der Waals surface area contributed by atoms with Gasteiger partial charge in [-0.3, -0.25) is 4.79 Å². The van der Waals surface area contributed by atoms with E-state index in [4.69, 9.17) is 4.74 Å². The molecule has 1 aromatic rings. The highest BCUT2D eigenvalue weighted by Gasteiger charge is 2.21. The van der Waals surface area contributed by atoms with Crippen molar-refractivity contribution in [3.8, 4) is 0 Å². The van der Waals surface area contributed by atoms with Crippen molar-refractivity contribution < 1.29 is 9.53 Å². The molecule has 144 valence electrons. The van der Waals surface area contributed by atoms with E-state index in [0.29, 0.717) is 19.1 Å². The average molecular weight is 472 g/mol. The molecule has 0 aromatic heterocycles. The number of hydrogen-bond donors (Lipinski definition) is 2. The molecule has 2 heterocycles. The molecule has 0 aliphatic carbocycles. The van der Waals surface area contributed by atoms with Crippen molar-refractivity contribution in [2.45, 2.75) is 45.3 Å². The number of aliphatic imine (C=N–C) groups is 1. The maximum absolute atomic E-state index is 11.8. The molecule has 0 spiro atoms. The molecule has 2 saturated heterocycles. The highest BCUT2D eigenvalue weighted by Crippen LogP contribution is 2.21. The third-order valence-electron chi connectivity index (χ3n) is 4.61. The normalized spacial score (nSPS) is 20.2. The molecular weight excluding hydrogens is 443 g/mol. The second-order valence-corrected chi connectivity index (χ2v) is 6.53. The number of halogens is 1. The maximum atomic E-state index is 11.8. The summed E-state index contributed by atoms with van der Waals surface area (Å²) in [4.78, 5) is 18.3. The number of nitrogens with zero attached hydrogens (tertiary/aromatic N) is 2. The van der Waals surface area contributed by atoms with Gasteiger partial charge in [-0.1, -0.05) is 12.1 Å². The number of amides is 1. The summed E-state index contributed by atoms with van der Waals surface area (Å²) in [6.07, 6.45) is 4.16. The number of guanidine groups is 1. The number of nitrogens with one attached hydrogen (secondary N) is 2. The molecule has 1 aromatic carbocycles. The lowest BCUT2D eigenvalue weighted by Crippen LogP contribution is -2.41. The summed E-state index contributed by atoms with van der Waals surface area (Å²) in [7, 11) is 0. The van der Waals surface area contributed by atoms with Gasteiger partial charge in [0.1, 0.15) is 0 Å². The Morgan fingerprint density at radius 2 is 2.08 bits per heavy atom. The van der Waals surface area contributed by atoms with Crippen molar-refractivity contribution in [3.63, 3.8) is 0 Å². The minimum absolute atomic E-state index is 0. The second-order valence-electron chi connectivity index (χ2n) is 6.53. The van der Waals surface area contributed by atoms with Crippen LogP contribution in [-0.2, 0) is 16.1 Å². The van der Waals surface area contributed by atoms with Gasteiger partial charge in [0.25, 0.3) is 0 Å². The van der Waals surface area contributed by atoms with Crippen LogP contribution in [0.3, 0.4) is 0 Å². The molecule has 3 rings (SSSR count). The SMILES string of the molecule is CCNC(=NCc1ccc(N2CCCC2=O)cc1)NCC1CCCO1.I. The summed E-state index contributed by atoms with van der Waals surface area (Å²) in [5, 5.41) is 6.62. The van der Waals surface area contributed by atoms with Gasteiger partial charge in [-0.2, -0.15) is 0 Å². The summed E-state index contributed by atoms with van der Waals surface area (Å²) in [5.74, 6) is 1.04. The van der Waals surface area contributed by atoms with Crippen LogP contribution in [0.15, 0.2) is 29.3 Å². The lowest BCUT2D eigenvalue weighted by Gasteiger charge is -2.16. The number of ether oxygens (including phenoxy) is 1. The van der Waals surface area contributed by atoms with E-state index in [1.54, 1.807) is 0 Å². The molecule has 1 atom stereocenters. The van der Waals surface area contributed by atoms with E-state index >= 15 is 0 Å². The number of carbonyl (C=O) groups is 1. The molecule has 2 aliphatic rings. The van der Waals surface area contributed by atoms with Crippen LogP contribution in [0.2, 0.25) is 0 Å². The van der Waals surface area contributed by atoms with Crippen molar-refractivity contribution in [2.75, 3.05) is 31.1 Å². The van der Waals surface area contributed by atoms with Gasteiger partial charge in [-0.05, 0) is 43.9 Å². The molecule has 26 heavy (non-hydrogen) atoms. The van der Waals surface area contributed by atoms with Crippen molar-refractivity contribution in [1.82, 2.24) is 10.6 Å². The summed E-state index contributed by atoms with van der Waals surface area (Å²) >= 11 is 0. The van der Waals surface area contributed by atoms with Crippen molar-refractivity contribution in [1.29, 1.82) is 0 Å². The van der Waals surface area contributed by atoms with Crippen molar-refractivity contribution in [3.05, 3.63) is 29.8 Å². The third kappa shape index (κ3) is 5.84. The van der Waals surface area contributed by atoms with E-state index < -0.39 is 0 Å². The fraction of sp³-hybridized carbons (Fsp3) is 0.579. The van der Waals surface area contributed by atoms with E-state index in [1.807, 2.05) is 29.2 Å². The fourth-order valence-electron chi connectivity index (χ4n) is 3.23. The van der Waals surface area contributed by atoms with Gasteiger partial charge in [-0.15, -0.1) is 24.0 Å². The van der Waals surface area contributed by atoms with Crippen LogP contribution in [0.1, 0.15) is 38.2 Å². The predicted octanol–water partition coefficient (Wildman–Crippen LogP) is 2.67. The molecule has 0 bridgehead atoms. The van der Waals surface area contributed by atoms with Crippen molar-refractivity contribution in [2.24, 2.45) is 4.99 Å². The molecular formula is C19H29IN4O2. The summed E-state index contributed by atoms with van der Waals surface area (Å²) in [6.45, 7) is 5.98. The monoisotopic (exact) mass is 472 g/mol. The quantitative estimate of drug-likeness (QED) is 0.380. The molecule has 1 amide bonds. The van der Waals surface area contributed by atoms with Crippen molar-refractivity contribution >= 4 is 41.5 Å². The van der Waals surface area contributed by atoms with E-state index in [1.165, 1.54) is 0 Å². The minimum atomic E-state index is 0. The summed E-state index contributed by atoms with van der Waals surface area (Å²) in [6, 6.07) is 8.13. The van der Waals surface area contributed by atoms with Crippen LogP contribution >= 0.6 is 24.0 Å². The van der Waals surface area contributed by atoms with Crippen LogP contribution in [0.5, 0.6) is 0 Å². The van der Waals surface area contributed by atoms with Gasteiger partial charge in [0, 0.05) is 38.3 Å². The molecule has 2 aliphatic heterocycles. The maximum Gasteiger partial charge on any atom is 0.227 e. The largest absolute Gasteiger partial charge is 0.376 e. The number of benzene rings is 1. The van der Waals surface area contributed by atoms with Crippen LogP contribution in [0, 0.1) is 0 Å². The molecule has 0 saturated carbocycles. The highest BCUT2D eigenvalue weighted by atomic mass is 127. The molecule has 7 heteroatoms. The zero-order valence-corrected chi connectivity index (χ0v) is 17.7. The van der Waals surface area contributed by atoms with E-state index in [0.717, 1.165) is 62.7 Å². The van der Waals surface area contributed by atoms with E-state index in [2.05, 4.69) is 22.5 Å². The first-order valence-electron chi connectivity index (χ1n) is 9.29. The Bertz CT molecular complexity index is 600. The third-order valence-corrected chi connectivity index (χ3v) is 4.61. The van der Waals surface area contributed by atoms with Gasteiger partial charge in [0.05, 0.1) is 12.6 Å². The number of hydrogen-bond acceptors (Lipinski definition) is 3. The van der Waals surface area contributed by atoms with Crippen LogP contribution in [-0.4, -0.2) is 44.2 Å². The van der Waals surface area contributed by atoms with Gasteiger partial charge < -0.3 is 20.3 Å². The topological polar surface area (TPSA) is 66.0 Å².